The fraction of sp³-hybridized carbons (Fsp3) is 0.364. The molecule has 7 heterocycles. The second kappa shape index (κ2) is 13.7. The SMILES string of the molecule is O=C(O)Nc1nc2c(-c3ncc4c(N5CCN(C(=O)/C(F)=C/c6nccs6)CC5)nc(OC[C@@]56CCCN5C[C@H](F)C6)nc4c3F)c(F)cc(F)c2s1. The van der Waals surface area contributed by atoms with Gasteiger partial charge in [-0.3, -0.25) is 20.0 Å². The summed E-state index contributed by atoms with van der Waals surface area (Å²) in [6, 6.07) is 0.294. The van der Waals surface area contributed by atoms with Gasteiger partial charge in [-0.05, 0) is 19.4 Å². The number of hydrogen-bond acceptors (Lipinski definition) is 12. The van der Waals surface area contributed by atoms with E-state index in [1.54, 1.807) is 10.3 Å². The molecule has 2 N–H and O–H groups in total. The smallest absolute Gasteiger partial charge is 0.410 e. The van der Waals surface area contributed by atoms with Crippen LogP contribution in [-0.4, -0.2) is 109 Å². The van der Waals surface area contributed by atoms with E-state index in [1.807, 2.05) is 10.2 Å². The number of rotatable bonds is 8. The van der Waals surface area contributed by atoms with Gasteiger partial charge in [0, 0.05) is 69.1 Å². The van der Waals surface area contributed by atoms with Gasteiger partial charge in [-0.25, -0.2) is 36.7 Å². The summed E-state index contributed by atoms with van der Waals surface area (Å²) in [5, 5.41) is 13.0. The normalized spacial score (nSPS) is 20.8. The maximum absolute atomic E-state index is 16.7. The summed E-state index contributed by atoms with van der Waals surface area (Å²) in [4.78, 5) is 50.4. The van der Waals surface area contributed by atoms with Crippen LogP contribution in [-0.2, 0) is 4.79 Å². The zero-order chi connectivity index (χ0) is 37.0. The van der Waals surface area contributed by atoms with Crippen LogP contribution in [0.1, 0.15) is 24.3 Å². The number of hydrogen-bond donors (Lipinski definition) is 2. The molecule has 13 nitrogen and oxygen atoms in total. The fourth-order valence-electron chi connectivity index (χ4n) is 7.28. The van der Waals surface area contributed by atoms with E-state index >= 15 is 8.78 Å². The minimum absolute atomic E-state index is 0.0241. The highest BCUT2D eigenvalue weighted by atomic mass is 32.1. The Bertz CT molecular complexity index is 2290. The lowest BCUT2D eigenvalue weighted by atomic mass is 9.95. The summed E-state index contributed by atoms with van der Waals surface area (Å²) in [6.07, 6.45) is 3.07. The number of nitrogens with one attached hydrogen (secondary N) is 1. The van der Waals surface area contributed by atoms with Crippen molar-refractivity contribution in [3.05, 3.63) is 52.1 Å². The quantitative estimate of drug-likeness (QED) is 0.144. The Morgan fingerprint density at radius 1 is 1.08 bits per heavy atom. The van der Waals surface area contributed by atoms with Gasteiger partial charge in [0.25, 0.3) is 5.91 Å². The van der Waals surface area contributed by atoms with Crippen molar-refractivity contribution < 1.29 is 41.4 Å². The number of pyridine rings is 1. The highest BCUT2D eigenvalue weighted by Crippen LogP contribution is 2.42. The Morgan fingerprint density at radius 3 is 2.64 bits per heavy atom. The highest BCUT2D eigenvalue weighted by molar-refractivity contribution is 7.22. The Balaban J connectivity index is 1.17. The van der Waals surface area contributed by atoms with E-state index in [9.17, 15) is 22.8 Å². The molecule has 0 saturated carbocycles. The monoisotopic (exact) mass is 773 g/mol. The number of fused-ring (bicyclic) bond motifs is 3. The van der Waals surface area contributed by atoms with Crippen molar-refractivity contribution >= 4 is 72.8 Å². The van der Waals surface area contributed by atoms with Crippen LogP contribution in [0.4, 0.5) is 37.7 Å². The molecule has 1 aromatic carbocycles. The molecular formula is C33H28F5N9O4S2. The Morgan fingerprint density at radius 2 is 1.89 bits per heavy atom. The zero-order valence-electron chi connectivity index (χ0n) is 27.5. The molecule has 0 unspecified atom stereocenters. The molecule has 0 aliphatic carbocycles. The number of thiazole rings is 2. The van der Waals surface area contributed by atoms with Gasteiger partial charge in [0.1, 0.15) is 46.4 Å². The molecule has 0 bridgehead atoms. The van der Waals surface area contributed by atoms with Crippen molar-refractivity contribution in [1.29, 1.82) is 0 Å². The van der Waals surface area contributed by atoms with Gasteiger partial charge < -0.3 is 19.6 Å². The molecule has 0 radical (unpaired) electrons. The zero-order valence-corrected chi connectivity index (χ0v) is 29.1. The van der Waals surface area contributed by atoms with Crippen LogP contribution in [0.2, 0.25) is 0 Å². The maximum atomic E-state index is 16.7. The molecule has 276 valence electrons. The van der Waals surface area contributed by atoms with Crippen molar-refractivity contribution in [2.24, 2.45) is 0 Å². The van der Waals surface area contributed by atoms with Gasteiger partial charge in [0.2, 0.25) is 0 Å². The molecule has 3 aliphatic heterocycles. The summed E-state index contributed by atoms with van der Waals surface area (Å²) < 4.78 is 82.3. The van der Waals surface area contributed by atoms with Gasteiger partial charge in [-0.1, -0.05) is 11.3 Å². The van der Waals surface area contributed by atoms with Gasteiger partial charge in [-0.15, -0.1) is 11.3 Å². The molecule has 0 spiro atoms. The molecule has 20 heteroatoms. The number of carboxylic acid groups (broad SMARTS) is 1. The van der Waals surface area contributed by atoms with Crippen molar-refractivity contribution in [2.45, 2.75) is 31.0 Å². The number of benzene rings is 1. The van der Waals surface area contributed by atoms with Gasteiger partial charge >= 0.3 is 12.1 Å². The van der Waals surface area contributed by atoms with E-state index < -0.39 is 58.2 Å². The third-order valence-corrected chi connectivity index (χ3v) is 11.4. The number of alkyl halides is 1. The van der Waals surface area contributed by atoms with Crippen LogP contribution in [0.15, 0.2) is 29.7 Å². The minimum atomic E-state index is -1.49. The summed E-state index contributed by atoms with van der Waals surface area (Å²) in [5.41, 5.74) is -2.35. The highest BCUT2D eigenvalue weighted by Gasteiger charge is 2.49. The first-order chi connectivity index (χ1) is 25.5. The lowest BCUT2D eigenvalue weighted by Gasteiger charge is -2.35. The van der Waals surface area contributed by atoms with E-state index in [0.717, 1.165) is 12.5 Å². The average molecular weight is 774 g/mol. The third kappa shape index (κ3) is 6.48. The average Bonchev–Trinajstić information content (AvgIpc) is 3.93. The molecule has 3 saturated heterocycles. The molecule has 8 rings (SSSR count). The first-order valence-electron chi connectivity index (χ1n) is 16.5. The fourth-order valence-corrected chi connectivity index (χ4v) is 8.71. The first kappa shape index (κ1) is 35.0. The molecule has 5 aromatic rings. The number of nitrogens with zero attached hydrogens (tertiary/aromatic N) is 8. The number of carbonyl (C=O) groups is 2. The van der Waals surface area contributed by atoms with Crippen LogP contribution in [0, 0.1) is 17.5 Å². The summed E-state index contributed by atoms with van der Waals surface area (Å²) in [7, 11) is 0. The molecule has 3 aliphatic rings. The van der Waals surface area contributed by atoms with Crippen molar-refractivity contribution in [3.8, 4) is 17.3 Å². The van der Waals surface area contributed by atoms with Crippen molar-refractivity contribution in [2.75, 3.05) is 56.1 Å². The maximum Gasteiger partial charge on any atom is 0.410 e. The molecule has 53 heavy (non-hydrogen) atoms. The Labute approximate surface area is 304 Å². The predicted molar refractivity (Wildman–Crippen MR) is 186 cm³/mol. The topological polar surface area (TPSA) is 150 Å². The number of amides is 2. The van der Waals surface area contributed by atoms with Crippen LogP contribution in [0.25, 0.3) is 38.5 Å². The van der Waals surface area contributed by atoms with E-state index in [0.29, 0.717) is 35.4 Å². The van der Waals surface area contributed by atoms with Crippen LogP contribution >= 0.6 is 22.7 Å². The largest absolute Gasteiger partial charge is 0.465 e. The van der Waals surface area contributed by atoms with Gasteiger partial charge in [0.15, 0.2) is 16.8 Å². The second-order valence-corrected chi connectivity index (χ2v) is 14.8. The van der Waals surface area contributed by atoms with E-state index in [-0.39, 0.29) is 83.8 Å². The van der Waals surface area contributed by atoms with Gasteiger partial charge in [0.05, 0.1) is 26.7 Å². The van der Waals surface area contributed by atoms with E-state index in [4.69, 9.17) is 9.84 Å². The molecule has 3 fully saturated rings. The number of carbonyl (C=O) groups excluding carboxylic acids is 1. The number of halogens is 5. The standard InChI is InChI=1S/C33H28F5N9O4S2/c34-16-12-33(2-1-4-47(33)14-16)15-51-30-41-24-17(28(43-30)45-5-7-46(8-6-45)29(48)20(37)11-21-39-3-9-52-21)13-40-25(23(24)38)22-18(35)10-19(36)27-26(22)42-31(53-27)44-32(49)50/h3,9-11,13,16H,1-2,4-8,12,14-15H2,(H,42,44)(H,49,50)/b20-11-/t16-,33+/m1/s1. The predicted octanol–water partition coefficient (Wildman–Crippen LogP) is 5.88. The third-order valence-electron chi connectivity index (χ3n) is 9.67. The first-order valence-corrected chi connectivity index (χ1v) is 18.2. The number of anilines is 2. The van der Waals surface area contributed by atoms with Crippen LogP contribution in [0.5, 0.6) is 6.01 Å². The summed E-state index contributed by atoms with van der Waals surface area (Å²) in [5.74, 6) is -4.94. The number of ether oxygens (including phenoxy) is 1. The van der Waals surface area contributed by atoms with E-state index in [1.165, 1.54) is 28.6 Å². The lowest BCUT2D eigenvalue weighted by Crippen LogP contribution is -2.49. The molecule has 4 aromatic heterocycles. The minimum Gasteiger partial charge on any atom is -0.465 e. The second-order valence-electron chi connectivity index (χ2n) is 12.9. The van der Waals surface area contributed by atoms with E-state index in [2.05, 4.69) is 24.9 Å². The van der Waals surface area contributed by atoms with Crippen molar-refractivity contribution in [3.63, 3.8) is 0 Å². The van der Waals surface area contributed by atoms with Crippen LogP contribution < -0.4 is 15.0 Å². The molecule has 2 amide bonds. The molecular weight excluding hydrogens is 746 g/mol. The molecule has 2 atom stereocenters. The summed E-state index contributed by atoms with van der Waals surface area (Å²) in [6.45, 7) is 1.47. The number of aromatic nitrogens is 5. The van der Waals surface area contributed by atoms with Crippen LogP contribution in [0.3, 0.4) is 0 Å². The summed E-state index contributed by atoms with van der Waals surface area (Å²) >= 11 is 1.78. The van der Waals surface area contributed by atoms with Gasteiger partial charge in [-0.2, -0.15) is 9.97 Å². The Kier molecular flexibility index (Phi) is 9.05. The lowest BCUT2D eigenvalue weighted by molar-refractivity contribution is -0.128. The Hall–Kier alpha value is -5.08. The number of piperazine rings is 1. The van der Waals surface area contributed by atoms with Crippen molar-refractivity contribution in [1.82, 2.24) is 34.7 Å².